The van der Waals surface area contributed by atoms with Gasteiger partial charge in [0.25, 0.3) is 0 Å². The molecule has 0 saturated carbocycles. The lowest BCUT2D eigenvalue weighted by Gasteiger charge is -1.86. The van der Waals surface area contributed by atoms with E-state index >= 15 is 0 Å². The van der Waals surface area contributed by atoms with Crippen molar-refractivity contribution < 1.29 is 9.26 Å². The Morgan fingerprint density at radius 1 is 1.70 bits per heavy atom. The Bertz CT molecular complexity index is 199. The summed E-state index contributed by atoms with van der Waals surface area (Å²) in [6.07, 6.45) is 0.199. The summed E-state index contributed by atoms with van der Waals surface area (Å²) in [6.45, 7) is 0.590. The van der Waals surface area contributed by atoms with Crippen LogP contribution in [0.15, 0.2) is 4.52 Å². The Labute approximate surface area is 58.4 Å². The van der Waals surface area contributed by atoms with Gasteiger partial charge in [0.1, 0.15) is 0 Å². The van der Waals surface area contributed by atoms with Crippen molar-refractivity contribution in [1.29, 1.82) is 0 Å². The average molecular weight is 143 g/mol. The highest BCUT2D eigenvalue weighted by Gasteiger charge is 2.02. The van der Waals surface area contributed by atoms with E-state index in [0.29, 0.717) is 12.4 Å². The molecule has 0 spiro atoms. The van der Waals surface area contributed by atoms with Crippen molar-refractivity contribution >= 4 is 0 Å². The largest absolute Gasteiger partial charge is 0.452 e. The summed E-state index contributed by atoms with van der Waals surface area (Å²) in [7, 11) is 3.29. The summed E-state index contributed by atoms with van der Waals surface area (Å²) in [5.41, 5.74) is 0. The lowest BCUT2D eigenvalue weighted by molar-refractivity contribution is 0.249. The van der Waals surface area contributed by atoms with Gasteiger partial charge in [-0.05, 0) is 7.05 Å². The maximum Gasteiger partial charge on any atom is 0.417 e. The van der Waals surface area contributed by atoms with Gasteiger partial charge in [0, 0.05) is 0 Å². The van der Waals surface area contributed by atoms with Crippen molar-refractivity contribution in [3.05, 3.63) is 5.82 Å². The number of aromatic nitrogens is 2. The van der Waals surface area contributed by atoms with Crippen LogP contribution in [0.5, 0.6) is 6.08 Å². The molecule has 0 bridgehead atoms. The molecule has 10 heavy (non-hydrogen) atoms. The van der Waals surface area contributed by atoms with Gasteiger partial charge in [0.05, 0.1) is 13.7 Å². The van der Waals surface area contributed by atoms with Crippen LogP contribution in [0.25, 0.3) is 0 Å². The lowest BCUT2D eigenvalue weighted by atomic mass is 10.6. The number of rotatable bonds is 3. The zero-order chi connectivity index (χ0) is 7.40. The quantitative estimate of drug-likeness (QED) is 0.634. The molecule has 1 aromatic rings. The Morgan fingerprint density at radius 3 is 3.00 bits per heavy atom. The number of nitrogens with zero attached hydrogens (tertiary/aromatic N) is 2. The van der Waals surface area contributed by atoms with Crippen molar-refractivity contribution in [2.45, 2.75) is 6.54 Å². The Balaban J connectivity index is 2.59. The van der Waals surface area contributed by atoms with Gasteiger partial charge < -0.3 is 10.1 Å². The van der Waals surface area contributed by atoms with Gasteiger partial charge in [-0.2, -0.15) is 4.98 Å². The van der Waals surface area contributed by atoms with Crippen LogP contribution in [0.1, 0.15) is 5.82 Å². The molecule has 1 heterocycles. The molecule has 56 valence electrons. The molecule has 1 rings (SSSR count). The van der Waals surface area contributed by atoms with E-state index in [1.807, 2.05) is 7.05 Å². The van der Waals surface area contributed by atoms with Crippen molar-refractivity contribution in [2.24, 2.45) is 0 Å². The second-order valence-electron chi connectivity index (χ2n) is 1.71. The molecule has 5 nitrogen and oxygen atoms in total. The summed E-state index contributed by atoms with van der Waals surface area (Å²) in [5.74, 6) is 0.597. The van der Waals surface area contributed by atoms with Crippen molar-refractivity contribution in [1.82, 2.24) is 15.5 Å². The third-order valence-corrected chi connectivity index (χ3v) is 0.959. The van der Waals surface area contributed by atoms with Crippen LogP contribution in [0.3, 0.4) is 0 Å². The van der Waals surface area contributed by atoms with E-state index in [1.165, 1.54) is 7.11 Å². The zero-order valence-electron chi connectivity index (χ0n) is 5.92. The molecule has 0 aromatic carbocycles. The van der Waals surface area contributed by atoms with Crippen molar-refractivity contribution in [3.8, 4) is 6.08 Å². The molecule has 0 aliphatic heterocycles. The molecular formula is C5H9N3O2. The minimum atomic E-state index is 0.199. The minimum Gasteiger partial charge on any atom is -0.452 e. The molecule has 0 fully saturated rings. The zero-order valence-corrected chi connectivity index (χ0v) is 5.92. The molecular weight excluding hydrogens is 134 g/mol. The molecule has 1 aromatic heterocycles. The number of hydrogen-bond acceptors (Lipinski definition) is 5. The summed E-state index contributed by atoms with van der Waals surface area (Å²) in [4.78, 5) is 3.86. The highest BCUT2D eigenvalue weighted by Crippen LogP contribution is 2.03. The van der Waals surface area contributed by atoms with E-state index < -0.39 is 0 Å². The fraction of sp³-hybridized carbons (Fsp3) is 0.600. The molecule has 0 amide bonds. The number of methoxy groups -OCH3 is 1. The molecule has 0 radical (unpaired) electrons. The monoisotopic (exact) mass is 143 g/mol. The van der Waals surface area contributed by atoms with E-state index in [1.54, 1.807) is 0 Å². The Hall–Kier alpha value is -1.10. The maximum absolute atomic E-state index is 4.67. The summed E-state index contributed by atoms with van der Waals surface area (Å²) in [5, 5.41) is 6.48. The molecule has 0 aliphatic carbocycles. The number of hydrogen-bond donors (Lipinski definition) is 1. The van der Waals surface area contributed by atoms with Crippen LogP contribution in [0.4, 0.5) is 0 Å². The van der Waals surface area contributed by atoms with Gasteiger partial charge in [-0.25, -0.2) is 0 Å². The standard InChI is InChI=1S/C5H9N3O2/c1-6-3-4-7-5(9-2)10-8-4/h6H,3H2,1-2H3. The number of ether oxygens (including phenoxy) is 1. The van der Waals surface area contributed by atoms with E-state index in [4.69, 9.17) is 0 Å². The first-order chi connectivity index (χ1) is 4.86. The SMILES string of the molecule is CNCc1noc(OC)n1. The second kappa shape index (κ2) is 3.17. The van der Waals surface area contributed by atoms with Crippen molar-refractivity contribution in [3.63, 3.8) is 0 Å². The smallest absolute Gasteiger partial charge is 0.417 e. The predicted octanol–water partition coefficient (Wildman–Crippen LogP) is -0.202. The molecule has 1 N–H and O–H groups in total. The summed E-state index contributed by atoms with van der Waals surface area (Å²) >= 11 is 0. The number of nitrogens with one attached hydrogen (secondary N) is 1. The van der Waals surface area contributed by atoms with Gasteiger partial charge in [0.15, 0.2) is 5.82 Å². The van der Waals surface area contributed by atoms with E-state index in [9.17, 15) is 0 Å². The maximum atomic E-state index is 4.67. The van der Waals surface area contributed by atoms with E-state index in [-0.39, 0.29) is 6.08 Å². The van der Waals surface area contributed by atoms with E-state index in [0.717, 1.165) is 0 Å². The van der Waals surface area contributed by atoms with Crippen LogP contribution in [0.2, 0.25) is 0 Å². The van der Waals surface area contributed by atoms with Gasteiger partial charge in [-0.15, -0.1) is 0 Å². The van der Waals surface area contributed by atoms with Gasteiger partial charge in [-0.3, -0.25) is 4.52 Å². The molecule has 5 heteroatoms. The fourth-order valence-corrected chi connectivity index (χ4v) is 0.551. The van der Waals surface area contributed by atoms with E-state index in [2.05, 4.69) is 24.7 Å². The molecule has 0 atom stereocenters. The van der Waals surface area contributed by atoms with Crippen molar-refractivity contribution in [2.75, 3.05) is 14.2 Å². The third kappa shape index (κ3) is 1.44. The Morgan fingerprint density at radius 2 is 2.50 bits per heavy atom. The third-order valence-electron chi connectivity index (χ3n) is 0.959. The molecule has 0 saturated heterocycles. The summed E-state index contributed by atoms with van der Waals surface area (Å²) in [6, 6.07) is 0. The first kappa shape index (κ1) is 7.01. The van der Waals surface area contributed by atoms with Crippen LogP contribution < -0.4 is 10.1 Å². The second-order valence-corrected chi connectivity index (χ2v) is 1.71. The fourth-order valence-electron chi connectivity index (χ4n) is 0.551. The topological polar surface area (TPSA) is 60.2 Å². The molecule has 0 unspecified atom stereocenters. The van der Waals surface area contributed by atoms with Crippen LogP contribution in [-0.4, -0.2) is 24.3 Å². The normalized spacial score (nSPS) is 9.80. The first-order valence-electron chi connectivity index (χ1n) is 2.88. The van der Waals surface area contributed by atoms with Gasteiger partial charge in [0.2, 0.25) is 0 Å². The highest BCUT2D eigenvalue weighted by molar-refractivity contribution is 4.88. The van der Waals surface area contributed by atoms with Crippen LogP contribution in [-0.2, 0) is 6.54 Å². The minimum absolute atomic E-state index is 0.199. The predicted molar refractivity (Wildman–Crippen MR) is 33.6 cm³/mol. The highest BCUT2D eigenvalue weighted by atomic mass is 16.6. The van der Waals surface area contributed by atoms with Gasteiger partial charge in [-0.1, -0.05) is 5.16 Å². The molecule has 0 aliphatic rings. The van der Waals surface area contributed by atoms with Crippen LogP contribution in [0, 0.1) is 0 Å². The summed E-state index contributed by atoms with van der Waals surface area (Å²) < 4.78 is 9.32. The van der Waals surface area contributed by atoms with Gasteiger partial charge >= 0.3 is 6.08 Å². The average Bonchev–Trinajstić information content (AvgIpc) is 2.37. The first-order valence-corrected chi connectivity index (χ1v) is 2.88. The van der Waals surface area contributed by atoms with Crippen LogP contribution >= 0.6 is 0 Å². The lowest BCUT2D eigenvalue weighted by Crippen LogP contribution is -2.06. The Kier molecular flexibility index (Phi) is 2.22.